The van der Waals surface area contributed by atoms with E-state index >= 15 is 0 Å². The summed E-state index contributed by atoms with van der Waals surface area (Å²) in [4.78, 5) is 16.8. The number of hydrogen-bond donors (Lipinski definition) is 0. The van der Waals surface area contributed by atoms with Crippen LogP contribution in [0.3, 0.4) is 0 Å². The van der Waals surface area contributed by atoms with E-state index < -0.39 is 0 Å². The predicted octanol–water partition coefficient (Wildman–Crippen LogP) is 4.83. The Bertz CT molecular complexity index is 1120. The number of rotatable bonds is 8. The summed E-state index contributed by atoms with van der Waals surface area (Å²) in [7, 11) is 0. The highest BCUT2D eigenvalue weighted by molar-refractivity contribution is 7.99. The molecule has 154 valence electrons. The molecule has 0 unspecified atom stereocenters. The first kappa shape index (κ1) is 20.4. The highest BCUT2D eigenvalue weighted by Crippen LogP contribution is 2.26. The van der Waals surface area contributed by atoms with Gasteiger partial charge in [-0.2, -0.15) is 0 Å². The zero-order valence-corrected chi connectivity index (χ0v) is 18.2. The third-order valence-corrected chi connectivity index (χ3v) is 6.21. The number of aryl methyl sites for hydroxylation is 1. The zero-order chi connectivity index (χ0) is 20.9. The van der Waals surface area contributed by atoms with Crippen LogP contribution in [0, 0.1) is 6.92 Å². The van der Waals surface area contributed by atoms with Crippen LogP contribution in [-0.4, -0.2) is 31.5 Å². The molecule has 0 aliphatic carbocycles. The second-order valence-corrected chi connectivity index (χ2v) is 8.29. The normalized spacial score (nSPS) is 11.0. The van der Waals surface area contributed by atoms with Gasteiger partial charge in [0.15, 0.2) is 16.7 Å². The lowest BCUT2D eigenvalue weighted by Gasteiger charge is -2.06. The number of aromatic nitrogens is 4. The van der Waals surface area contributed by atoms with Crippen LogP contribution >= 0.6 is 23.1 Å². The molecular weight excluding hydrogens is 420 g/mol. The maximum Gasteiger partial charge on any atom is 0.316 e. The largest absolute Gasteiger partial charge is 0.461 e. The van der Waals surface area contributed by atoms with Crippen molar-refractivity contribution in [1.82, 2.24) is 19.7 Å². The van der Waals surface area contributed by atoms with E-state index in [1.165, 1.54) is 28.7 Å². The Kier molecular flexibility index (Phi) is 6.29. The summed E-state index contributed by atoms with van der Waals surface area (Å²) in [5.74, 6) is 1.11. The van der Waals surface area contributed by atoms with Crippen molar-refractivity contribution in [2.75, 3.05) is 5.75 Å². The lowest BCUT2D eigenvalue weighted by molar-refractivity contribution is -0.141. The molecule has 4 rings (SSSR count). The van der Waals surface area contributed by atoms with Gasteiger partial charge in [-0.05, 0) is 26.0 Å². The van der Waals surface area contributed by atoms with Gasteiger partial charge >= 0.3 is 5.97 Å². The molecule has 0 saturated heterocycles. The van der Waals surface area contributed by atoms with Crippen LogP contribution in [0.2, 0.25) is 0 Å². The molecule has 30 heavy (non-hydrogen) atoms. The molecule has 7 nitrogen and oxygen atoms in total. The smallest absolute Gasteiger partial charge is 0.316 e. The number of carbonyl (C=O) groups is 1. The Morgan fingerprint density at radius 1 is 1.23 bits per heavy atom. The molecule has 1 aromatic carbocycles. The molecule has 0 aliphatic rings. The van der Waals surface area contributed by atoms with Crippen LogP contribution < -0.4 is 0 Å². The Balaban J connectivity index is 1.31. The average molecular weight is 441 g/mol. The maximum atomic E-state index is 12.2. The fourth-order valence-electron chi connectivity index (χ4n) is 2.79. The number of ether oxygens (including phenoxy) is 1. The van der Waals surface area contributed by atoms with Gasteiger partial charge in [0.25, 0.3) is 0 Å². The minimum atomic E-state index is -0.324. The van der Waals surface area contributed by atoms with Crippen molar-refractivity contribution in [3.8, 4) is 22.2 Å². The summed E-state index contributed by atoms with van der Waals surface area (Å²) in [5.41, 5.74) is 3.01. The molecule has 9 heteroatoms. The maximum absolute atomic E-state index is 12.2. The Labute approximate surface area is 182 Å². The molecule has 0 bridgehead atoms. The van der Waals surface area contributed by atoms with Crippen LogP contribution in [0.1, 0.15) is 18.2 Å². The van der Waals surface area contributed by atoms with Crippen LogP contribution in [0.5, 0.6) is 0 Å². The van der Waals surface area contributed by atoms with Crippen LogP contribution in [0.15, 0.2) is 57.6 Å². The molecular formula is C21H20N4O3S2. The summed E-state index contributed by atoms with van der Waals surface area (Å²) in [6.45, 7) is 4.86. The zero-order valence-electron chi connectivity index (χ0n) is 16.6. The molecule has 0 N–H and O–H groups in total. The van der Waals surface area contributed by atoms with Gasteiger partial charge in [0, 0.05) is 17.5 Å². The van der Waals surface area contributed by atoms with Crippen molar-refractivity contribution in [3.63, 3.8) is 0 Å². The van der Waals surface area contributed by atoms with E-state index in [-0.39, 0.29) is 18.3 Å². The fourth-order valence-corrected chi connectivity index (χ4v) is 4.40. The van der Waals surface area contributed by atoms with E-state index in [0.29, 0.717) is 23.3 Å². The minimum Gasteiger partial charge on any atom is -0.461 e. The van der Waals surface area contributed by atoms with Gasteiger partial charge < -0.3 is 9.15 Å². The van der Waals surface area contributed by atoms with Crippen molar-refractivity contribution in [2.24, 2.45) is 0 Å². The van der Waals surface area contributed by atoms with Crippen molar-refractivity contribution in [1.29, 1.82) is 0 Å². The van der Waals surface area contributed by atoms with E-state index in [9.17, 15) is 4.79 Å². The number of thioether (sulfide) groups is 1. The van der Waals surface area contributed by atoms with Crippen molar-refractivity contribution in [3.05, 3.63) is 59.3 Å². The fraction of sp³-hybridized carbons (Fsp3) is 0.238. The molecule has 3 heterocycles. The molecule has 0 atom stereocenters. The summed E-state index contributed by atoms with van der Waals surface area (Å²) in [6.07, 6.45) is 1.59. The third-order valence-electron chi connectivity index (χ3n) is 4.33. The molecule has 0 spiro atoms. The molecule has 0 saturated carbocycles. The van der Waals surface area contributed by atoms with Gasteiger partial charge in [0.05, 0.1) is 17.7 Å². The highest BCUT2D eigenvalue weighted by Gasteiger charge is 2.17. The number of nitrogens with zero attached hydrogens (tertiary/aromatic N) is 4. The summed E-state index contributed by atoms with van der Waals surface area (Å²) >= 11 is 2.83. The van der Waals surface area contributed by atoms with Gasteiger partial charge in [0.2, 0.25) is 0 Å². The lowest BCUT2D eigenvalue weighted by atomic mass is 10.2. The minimum absolute atomic E-state index is 0.144. The summed E-state index contributed by atoms with van der Waals surface area (Å²) < 4.78 is 12.7. The summed E-state index contributed by atoms with van der Waals surface area (Å²) in [5, 5.41) is 11.8. The first-order chi connectivity index (χ1) is 14.6. The van der Waals surface area contributed by atoms with Crippen molar-refractivity contribution >= 4 is 29.1 Å². The van der Waals surface area contributed by atoms with E-state index in [1.54, 1.807) is 12.3 Å². The Morgan fingerprint density at radius 2 is 2.07 bits per heavy atom. The highest BCUT2D eigenvalue weighted by atomic mass is 32.2. The molecule has 0 aliphatic heterocycles. The third kappa shape index (κ3) is 4.63. The molecule has 0 fully saturated rings. The molecule has 0 amide bonds. The first-order valence-corrected chi connectivity index (χ1v) is 11.3. The van der Waals surface area contributed by atoms with Gasteiger partial charge in [0.1, 0.15) is 11.6 Å². The average Bonchev–Trinajstić information content (AvgIpc) is 3.51. The van der Waals surface area contributed by atoms with Gasteiger partial charge in [-0.25, -0.2) is 4.98 Å². The van der Waals surface area contributed by atoms with Crippen LogP contribution in [-0.2, 0) is 22.7 Å². The standard InChI is InChI=1S/C21H20N4O3S2/c1-3-25-19(17-5-4-10-27-17)23-24-21(25)30-13-18(26)28-11-16-12-29-20(22-16)15-8-6-14(2)7-9-15/h4-10,12H,3,11,13H2,1-2H3. The predicted molar refractivity (Wildman–Crippen MR) is 116 cm³/mol. The lowest BCUT2D eigenvalue weighted by Crippen LogP contribution is -2.09. The molecule has 4 aromatic rings. The second-order valence-electron chi connectivity index (χ2n) is 6.49. The van der Waals surface area contributed by atoms with Crippen LogP contribution in [0.25, 0.3) is 22.2 Å². The Hall–Kier alpha value is -2.91. The number of benzene rings is 1. The van der Waals surface area contributed by atoms with E-state index in [1.807, 2.05) is 35.1 Å². The molecule has 0 radical (unpaired) electrons. The van der Waals surface area contributed by atoms with Crippen molar-refractivity contribution < 1.29 is 13.9 Å². The first-order valence-electron chi connectivity index (χ1n) is 9.41. The second kappa shape index (κ2) is 9.27. The number of carbonyl (C=O) groups excluding carboxylic acids is 1. The van der Waals surface area contributed by atoms with Gasteiger partial charge in [-0.1, -0.05) is 41.6 Å². The van der Waals surface area contributed by atoms with Gasteiger partial charge in [-0.15, -0.1) is 21.5 Å². The number of hydrogen-bond acceptors (Lipinski definition) is 8. The monoisotopic (exact) mass is 440 g/mol. The van der Waals surface area contributed by atoms with Gasteiger partial charge in [-0.3, -0.25) is 9.36 Å². The van der Waals surface area contributed by atoms with E-state index in [2.05, 4.69) is 34.2 Å². The van der Waals surface area contributed by atoms with Crippen molar-refractivity contribution in [2.45, 2.75) is 32.2 Å². The SMILES string of the molecule is CCn1c(SCC(=O)OCc2csc(-c3ccc(C)cc3)n2)nnc1-c1ccco1. The quantitative estimate of drug-likeness (QED) is 0.287. The molecule has 3 aromatic heterocycles. The summed E-state index contributed by atoms with van der Waals surface area (Å²) in [6, 6.07) is 11.8. The number of esters is 1. The Morgan fingerprint density at radius 3 is 2.80 bits per heavy atom. The van der Waals surface area contributed by atoms with E-state index in [4.69, 9.17) is 9.15 Å². The topological polar surface area (TPSA) is 83.0 Å². The number of furan rings is 1. The van der Waals surface area contributed by atoms with E-state index in [0.717, 1.165) is 16.3 Å². The van der Waals surface area contributed by atoms with Crippen LogP contribution in [0.4, 0.5) is 0 Å². The number of thiazole rings is 1.